The van der Waals surface area contributed by atoms with Crippen LogP contribution in [-0.4, -0.2) is 69.9 Å². The number of likely N-dealkylation sites (N-methyl/N-ethyl adjacent to an activating group) is 1. The summed E-state index contributed by atoms with van der Waals surface area (Å²) in [7, 11) is -3.29. The van der Waals surface area contributed by atoms with E-state index in [0.717, 1.165) is 21.9 Å². The highest BCUT2D eigenvalue weighted by Crippen LogP contribution is 2.37. The summed E-state index contributed by atoms with van der Waals surface area (Å²) in [6, 6.07) is 5.70. The van der Waals surface area contributed by atoms with Crippen LogP contribution in [0.2, 0.25) is 10.2 Å². The van der Waals surface area contributed by atoms with Gasteiger partial charge in [0, 0.05) is 36.4 Å². The number of benzene rings is 1. The predicted octanol–water partition coefficient (Wildman–Crippen LogP) is 2.88. The van der Waals surface area contributed by atoms with Crippen LogP contribution in [0.4, 0.5) is 5.82 Å². The molecule has 2 aromatic heterocycles. The van der Waals surface area contributed by atoms with Crippen LogP contribution in [0.15, 0.2) is 41.2 Å². The van der Waals surface area contributed by atoms with Crippen LogP contribution in [0.25, 0.3) is 0 Å². The van der Waals surface area contributed by atoms with E-state index in [4.69, 9.17) is 27.6 Å². The average Bonchev–Trinajstić information content (AvgIpc) is 3.44. The van der Waals surface area contributed by atoms with Crippen molar-refractivity contribution in [1.29, 1.82) is 0 Å². The predicted molar refractivity (Wildman–Crippen MR) is 140 cm³/mol. The number of carbonyl (C=O) groups excluding carboxylic acids is 1. The van der Waals surface area contributed by atoms with E-state index in [2.05, 4.69) is 20.6 Å². The van der Waals surface area contributed by atoms with Crippen molar-refractivity contribution < 1.29 is 27.3 Å². The van der Waals surface area contributed by atoms with Gasteiger partial charge in [0.1, 0.15) is 12.1 Å². The number of fused-ring (bicyclic) bond motifs is 1. The summed E-state index contributed by atoms with van der Waals surface area (Å²) in [4.78, 5) is 21.6. The van der Waals surface area contributed by atoms with E-state index in [1.54, 1.807) is 6.07 Å². The summed E-state index contributed by atoms with van der Waals surface area (Å²) in [5.74, 6) is -0.317. The van der Waals surface area contributed by atoms with Crippen molar-refractivity contribution in [2.45, 2.75) is 43.5 Å². The molecular formula is C24H25Cl2N5O6S. The second kappa shape index (κ2) is 10.5. The smallest absolute Gasteiger partial charge is 0.335 e. The molecule has 0 radical (unpaired) electrons. The number of anilines is 1. The van der Waals surface area contributed by atoms with Gasteiger partial charge in [-0.1, -0.05) is 17.7 Å². The van der Waals surface area contributed by atoms with Gasteiger partial charge in [0.2, 0.25) is 5.78 Å². The van der Waals surface area contributed by atoms with E-state index in [1.807, 2.05) is 18.2 Å². The first-order valence-electron chi connectivity index (χ1n) is 11.8. The second-order valence-electron chi connectivity index (χ2n) is 9.38. The quantitative estimate of drug-likeness (QED) is 0.241. The van der Waals surface area contributed by atoms with Crippen LogP contribution in [-0.2, 0) is 16.7 Å². The third-order valence-corrected chi connectivity index (χ3v) is 8.56. The largest absolute Gasteiger partial charge is 0.441 e. The van der Waals surface area contributed by atoms with Crippen molar-refractivity contribution >= 4 is 45.1 Å². The number of ketones is 1. The van der Waals surface area contributed by atoms with Crippen LogP contribution in [0.1, 0.15) is 51.7 Å². The Bertz CT molecular complexity index is 1480. The SMILES string of the molecule is CN([C@@H]1C[C@@H](Nc2ncncc2C(=O)c2cc([C@H]3NCCc4ccc(Cl)cc43)c(Cl)o2)C[C@@H]1O)S(=O)(=O)O. The third kappa shape index (κ3) is 5.30. The average molecular weight is 582 g/mol. The molecule has 3 aromatic rings. The Hall–Kier alpha value is -2.58. The molecule has 1 aromatic carbocycles. The Balaban J connectivity index is 1.38. The van der Waals surface area contributed by atoms with E-state index in [-0.39, 0.29) is 41.2 Å². The Morgan fingerprint density at radius 3 is 2.79 bits per heavy atom. The standard InChI is InChI=1S/C24H25Cl2N5O6S/c1-31(38(34,35)36)18-7-14(8-19(18)32)30-24-17(10-27-11-29-24)22(33)20-9-16(23(26)37-20)21-15-6-13(25)3-2-12(15)4-5-28-21/h2-3,6,9-11,14,18-19,21,28,32H,4-5,7-8H2,1H3,(H,27,29,30)(H,34,35,36)/t14-,18-,19+,21+/m1/s1. The molecule has 4 N–H and O–H groups in total. The molecule has 0 amide bonds. The van der Waals surface area contributed by atoms with Crippen LogP contribution < -0.4 is 10.6 Å². The summed E-state index contributed by atoms with van der Waals surface area (Å²) < 4.78 is 38.8. The van der Waals surface area contributed by atoms with Gasteiger partial charge in [0.05, 0.1) is 23.8 Å². The fraction of sp³-hybridized carbons (Fsp3) is 0.375. The van der Waals surface area contributed by atoms with Crippen molar-refractivity contribution in [2.24, 2.45) is 0 Å². The molecule has 1 aliphatic heterocycles. The van der Waals surface area contributed by atoms with Gasteiger partial charge in [-0.2, -0.15) is 12.7 Å². The zero-order valence-corrected chi connectivity index (χ0v) is 22.5. The third-order valence-electron chi connectivity index (χ3n) is 7.03. The lowest BCUT2D eigenvalue weighted by Crippen LogP contribution is -2.41. The Morgan fingerprint density at radius 1 is 1.24 bits per heavy atom. The van der Waals surface area contributed by atoms with Gasteiger partial charge in [-0.15, -0.1) is 0 Å². The van der Waals surface area contributed by atoms with Gasteiger partial charge in [-0.25, -0.2) is 9.97 Å². The first kappa shape index (κ1) is 27.0. The number of halogens is 2. The van der Waals surface area contributed by atoms with Crippen molar-refractivity contribution in [3.05, 3.63) is 75.0 Å². The number of nitrogens with zero attached hydrogens (tertiary/aromatic N) is 3. The molecule has 0 saturated heterocycles. The molecule has 4 atom stereocenters. The van der Waals surface area contributed by atoms with Crippen LogP contribution in [0, 0.1) is 0 Å². The highest BCUT2D eigenvalue weighted by Gasteiger charge is 2.40. The number of hydrogen-bond donors (Lipinski definition) is 4. The van der Waals surface area contributed by atoms with Crippen molar-refractivity contribution in [1.82, 2.24) is 19.6 Å². The van der Waals surface area contributed by atoms with Gasteiger partial charge in [0.15, 0.2) is 11.0 Å². The number of aliphatic hydroxyl groups excluding tert-OH is 1. The summed E-state index contributed by atoms with van der Waals surface area (Å²) >= 11 is 12.7. The molecule has 1 saturated carbocycles. The first-order valence-corrected chi connectivity index (χ1v) is 14.0. The molecular weight excluding hydrogens is 557 g/mol. The van der Waals surface area contributed by atoms with E-state index in [0.29, 0.717) is 17.1 Å². The fourth-order valence-electron chi connectivity index (χ4n) is 5.10. The molecule has 1 fully saturated rings. The Labute approximate surface area is 229 Å². The maximum absolute atomic E-state index is 13.5. The number of carbonyl (C=O) groups is 1. The Kier molecular flexibility index (Phi) is 7.48. The minimum absolute atomic E-state index is 0.00533. The first-order chi connectivity index (χ1) is 18.0. The molecule has 38 heavy (non-hydrogen) atoms. The molecule has 0 spiro atoms. The normalized spacial score (nSPS) is 23.4. The van der Waals surface area contributed by atoms with Crippen LogP contribution in [0.3, 0.4) is 0 Å². The van der Waals surface area contributed by atoms with E-state index in [1.165, 1.54) is 19.6 Å². The highest BCUT2D eigenvalue weighted by atomic mass is 35.5. The lowest BCUT2D eigenvalue weighted by Gasteiger charge is -2.26. The molecule has 0 unspecified atom stereocenters. The molecule has 3 heterocycles. The van der Waals surface area contributed by atoms with Gasteiger partial charge in [-0.05, 0) is 60.2 Å². The minimum Gasteiger partial charge on any atom is -0.441 e. The van der Waals surface area contributed by atoms with Crippen molar-refractivity contribution in [3.63, 3.8) is 0 Å². The lowest BCUT2D eigenvalue weighted by atomic mass is 9.91. The molecule has 0 bridgehead atoms. The zero-order chi connectivity index (χ0) is 27.2. The number of rotatable bonds is 7. The fourth-order valence-corrected chi connectivity index (χ4v) is 6.10. The number of hydrogen-bond acceptors (Lipinski definition) is 9. The minimum atomic E-state index is -4.48. The molecule has 5 rings (SSSR count). The van der Waals surface area contributed by atoms with E-state index >= 15 is 0 Å². The number of furan rings is 1. The van der Waals surface area contributed by atoms with E-state index in [9.17, 15) is 22.9 Å². The monoisotopic (exact) mass is 581 g/mol. The summed E-state index contributed by atoms with van der Waals surface area (Å²) in [6.07, 6.45) is 2.77. The zero-order valence-electron chi connectivity index (χ0n) is 20.1. The summed E-state index contributed by atoms with van der Waals surface area (Å²) in [6.45, 7) is 0.714. The van der Waals surface area contributed by atoms with Gasteiger partial charge in [-0.3, -0.25) is 9.35 Å². The van der Waals surface area contributed by atoms with Gasteiger partial charge < -0.3 is 20.2 Å². The molecule has 11 nitrogen and oxygen atoms in total. The maximum Gasteiger partial charge on any atom is 0.335 e. The summed E-state index contributed by atoms with van der Waals surface area (Å²) in [5, 5.41) is 17.5. The Morgan fingerprint density at radius 2 is 2.03 bits per heavy atom. The summed E-state index contributed by atoms with van der Waals surface area (Å²) in [5.41, 5.74) is 2.80. The van der Waals surface area contributed by atoms with Crippen molar-refractivity contribution in [2.75, 3.05) is 18.9 Å². The number of aromatic nitrogens is 2. The van der Waals surface area contributed by atoms with Crippen LogP contribution >= 0.6 is 23.2 Å². The van der Waals surface area contributed by atoms with Crippen LogP contribution in [0.5, 0.6) is 0 Å². The lowest BCUT2D eigenvalue weighted by molar-refractivity contribution is 0.101. The van der Waals surface area contributed by atoms with Gasteiger partial charge >= 0.3 is 10.3 Å². The number of nitrogens with one attached hydrogen (secondary N) is 2. The van der Waals surface area contributed by atoms with Crippen molar-refractivity contribution in [3.8, 4) is 0 Å². The molecule has 1 aliphatic carbocycles. The molecule has 2 aliphatic rings. The van der Waals surface area contributed by atoms with Gasteiger partial charge in [0.25, 0.3) is 0 Å². The second-order valence-corrected chi connectivity index (χ2v) is 11.6. The van der Waals surface area contributed by atoms with E-state index < -0.39 is 34.3 Å². The molecule has 14 heteroatoms. The maximum atomic E-state index is 13.5. The number of aliphatic hydroxyl groups is 1. The molecule has 202 valence electrons. The topological polar surface area (TPSA) is 158 Å². The highest BCUT2D eigenvalue weighted by molar-refractivity contribution is 7.83.